The number of nitrogens with one attached hydrogen (secondary N) is 2. The third-order valence-corrected chi connectivity index (χ3v) is 1.86. The predicted molar refractivity (Wildman–Crippen MR) is 68.2 cm³/mol. The molecule has 3 N–H and O–H groups in total. The molecule has 0 saturated carbocycles. The second-order valence-corrected chi connectivity index (χ2v) is 3.90. The molecule has 18 heavy (non-hydrogen) atoms. The Morgan fingerprint density at radius 2 is 2.17 bits per heavy atom. The molecule has 0 atom stereocenters. The van der Waals surface area contributed by atoms with E-state index in [0.717, 1.165) is 6.08 Å². The molecule has 0 aliphatic heterocycles. The maximum Gasteiger partial charge on any atom is 0.328 e. The van der Waals surface area contributed by atoms with E-state index in [1.165, 1.54) is 12.3 Å². The summed E-state index contributed by atoms with van der Waals surface area (Å²) in [4.78, 5) is 25.8. The van der Waals surface area contributed by atoms with Crippen molar-refractivity contribution in [2.75, 3.05) is 5.32 Å². The Bertz CT molecular complexity index is 469. The van der Waals surface area contributed by atoms with Gasteiger partial charge in [-0.1, -0.05) is 0 Å². The molecule has 0 fully saturated rings. The minimum absolute atomic E-state index is 0.0279. The first kappa shape index (κ1) is 13.7. The number of rotatable bonds is 4. The number of amides is 2. The van der Waals surface area contributed by atoms with Gasteiger partial charge in [-0.3, -0.25) is 5.32 Å². The average Bonchev–Trinajstić information content (AvgIpc) is 2.25. The van der Waals surface area contributed by atoms with Crippen molar-refractivity contribution in [1.82, 2.24) is 10.3 Å². The zero-order valence-electron chi connectivity index (χ0n) is 10.2. The molecule has 1 heterocycles. The number of urea groups is 1. The van der Waals surface area contributed by atoms with Crippen LogP contribution in [0.4, 0.5) is 10.6 Å². The van der Waals surface area contributed by atoms with Crippen LogP contribution in [0.5, 0.6) is 0 Å². The van der Waals surface area contributed by atoms with Crippen molar-refractivity contribution in [3.63, 3.8) is 0 Å². The first-order valence-electron chi connectivity index (χ1n) is 5.42. The molecule has 0 radical (unpaired) electrons. The molecule has 1 aromatic heterocycles. The van der Waals surface area contributed by atoms with E-state index in [9.17, 15) is 9.59 Å². The molecule has 6 nitrogen and oxygen atoms in total. The van der Waals surface area contributed by atoms with Gasteiger partial charge in [-0.25, -0.2) is 14.6 Å². The van der Waals surface area contributed by atoms with E-state index in [2.05, 4.69) is 15.6 Å². The molecule has 96 valence electrons. The number of carbonyl (C=O) groups excluding carboxylic acids is 1. The second-order valence-electron chi connectivity index (χ2n) is 3.90. The van der Waals surface area contributed by atoms with E-state index in [1.54, 1.807) is 12.1 Å². The second kappa shape index (κ2) is 6.39. The fourth-order valence-corrected chi connectivity index (χ4v) is 1.20. The summed E-state index contributed by atoms with van der Waals surface area (Å²) in [5, 5.41) is 13.7. The van der Waals surface area contributed by atoms with Gasteiger partial charge in [-0.15, -0.1) is 0 Å². The number of hydrogen-bond donors (Lipinski definition) is 3. The van der Waals surface area contributed by atoms with E-state index in [4.69, 9.17) is 5.11 Å². The van der Waals surface area contributed by atoms with Gasteiger partial charge in [0.2, 0.25) is 0 Å². The van der Waals surface area contributed by atoms with Crippen LogP contribution in [0.25, 0.3) is 6.08 Å². The van der Waals surface area contributed by atoms with Gasteiger partial charge in [-0.2, -0.15) is 0 Å². The molecule has 2 amide bonds. The van der Waals surface area contributed by atoms with Crippen LogP contribution < -0.4 is 10.6 Å². The fourth-order valence-electron chi connectivity index (χ4n) is 1.20. The van der Waals surface area contributed by atoms with Crippen molar-refractivity contribution in [2.24, 2.45) is 0 Å². The van der Waals surface area contributed by atoms with Crippen LogP contribution in [-0.4, -0.2) is 28.1 Å². The highest BCUT2D eigenvalue weighted by atomic mass is 16.4. The third kappa shape index (κ3) is 5.11. The highest BCUT2D eigenvalue weighted by molar-refractivity contribution is 5.89. The number of aromatic nitrogens is 1. The van der Waals surface area contributed by atoms with Crippen LogP contribution in [0, 0.1) is 0 Å². The van der Waals surface area contributed by atoms with Gasteiger partial charge in [0, 0.05) is 18.3 Å². The summed E-state index contributed by atoms with van der Waals surface area (Å²) in [6.45, 7) is 3.69. The number of nitrogens with zero attached hydrogens (tertiary/aromatic N) is 1. The van der Waals surface area contributed by atoms with Gasteiger partial charge in [0.15, 0.2) is 0 Å². The van der Waals surface area contributed by atoms with Crippen molar-refractivity contribution >= 4 is 23.9 Å². The van der Waals surface area contributed by atoms with Gasteiger partial charge >= 0.3 is 12.0 Å². The van der Waals surface area contributed by atoms with Crippen molar-refractivity contribution in [3.05, 3.63) is 30.0 Å². The lowest BCUT2D eigenvalue weighted by Gasteiger charge is -2.09. The Balaban J connectivity index is 2.70. The number of pyridine rings is 1. The van der Waals surface area contributed by atoms with Crippen molar-refractivity contribution in [2.45, 2.75) is 19.9 Å². The molecule has 0 aromatic carbocycles. The molecular weight excluding hydrogens is 234 g/mol. The van der Waals surface area contributed by atoms with Crippen LogP contribution >= 0.6 is 0 Å². The highest BCUT2D eigenvalue weighted by Gasteiger charge is 2.04. The first-order valence-corrected chi connectivity index (χ1v) is 5.42. The van der Waals surface area contributed by atoms with E-state index in [0.29, 0.717) is 11.4 Å². The van der Waals surface area contributed by atoms with Gasteiger partial charge in [-0.05, 0) is 37.6 Å². The quantitative estimate of drug-likeness (QED) is 0.708. The Morgan fingerprint density at radius 1 is 1.44 bits per heavy atom. The summed E-state index contributed by atoms with van der Waals surface area (Å²) >= 11 is 0. The molecular formula is C12H15N3O3. The maximum atomic E-state index is 11.4. The van der Waals surface area contributed by atoms with Crippen LogP contribution in [0.3, 0.4) is 0 Å². The Hall–Kier alpha value is -2.37. The summed E-state index contributed by atoms with van der Waals surface area (Å²) in [5.41, 5.74) is 0.646. The molecule has 6 heteroatoms. The third-order valence-electron chi connectivity index (χ3n) is 1.86. The number of carboxylic acids is 1. The molecule has 1 aromatic rings. The molecule has 0 spiro atoms. The largest absolute Gasteiger partial charge is 0.478 e. The highest BCUT2D eigenvalue weighted by Crippen LogP contribution is 2.08. The van der Waals surface area contributed by atoms with Crippen molar-refractivity contribution in [1.29, 1.82) is 0 Å². The van der Waals surface area contributed by atoms with E-state index in [1.807, 2.05) is 13.8 Å². The minimum atomic E-state index is -1.03. The Kier molecular flexibility index (Phi) is 4.86. The number of carbonyl (C=O) groups is 2. The van der Waals surface area contributed by atoms with Crippen molar-refractivity contribution in [3.8, 4) is 0 Å². The summed E-state index contributed by atoms with van der Waals surface area (Å²) in [6.07, 6.45) is 3.94. The Labute approximate surface area is 105 Å². The number of carboxylic acid groups (broad SMARTS) is 1. The number of aliphatic carboxylic acids is 1. The summed E-state index contributed by atoms with van der Waals surface area (Å²) in [5.74, 6) is -0.667. The smallest absolute Gasteiger partial charge is 0.328 e. The first-order chi connectivity index (χ1) is 8.47. The van der Waals surface area contributed by atoms with Crippen LogP contribution in [-0.2, 0) is 4.79 Å². The van der Waals surface area contributed by atoms with E-state index in [-0.39, 0.29) is 12.1 Å². The molecule has 1 rings (SSSR count). The number of anilines is 1. The zero-order valence-corrected chi connectivity index (χ0v) is 10.2. The van der Waals surface area contributed by atoms with Crippen LogP contribution in [0.15, 0.2) is 24.4 Å². The van der Waals surface area contributed by atoms with Gasteiger partial charge < -0.3 is 10.4 Å². The monoisotopic (exact) mass is 249 g/mol. The van der Waals surface area contributed by atoms with Crippen LogP contribution in [0.2, 0.25) is 0 Å². The van der Waals surface area contributed by atoms with E-state index < -0.39 is 5.97 Å². The van der Waals surface area contributed by atoms with Gasteiger partial charge in [0.1, 0.15) is 5.82 Å². The molecule has 0 aliphatic carbocycles. The molecule has 0 bridgehead atoms. The summed E-state index contributed by atoms with van der Waals surface area (Å²) in [7, 11) is 0. The Morgan fingerprint density at radius 3 is 2.78 bits per heavy atom. The average molecular weight is 249 g/mol. The van der Waals surface area contributed by atoms with Gasteiger partial charge in [0.05, 0.1) is 0 Å². The topological polar surface area (TPSA) is 91.3 Å². The molecule has 0 aliphatic rings. The lowest BCUT2D eigenvalue weighted by molar-refractivity contribution is -0.131. The normalized spacial score (nSPS) is 10.6. The van der Waals surface area contributed by atoms with Crippen molar-refractivity contribution < 1.29 is 14.7 Å². The molecule has 0 saturated heterocycles. The van der Waals surface area contributed by atoms with Crippen LogP contribution in [0.1, 0.15) is 19.4 Å². The predicted octanol–water partition coefficient (Wildman–Crippen LogP) is 1.71. The standard InChI is InChI=1S/C12H15N3O3/c1-8(2)14-12(18)15-10-7-9(5-6-13-10)3-4-11(16)17/h3-8H,1-2H3,(H,16,17)(H2,13,14,15,18)/b4-3+. The van der Waals surface area contributed by atoms with Gasteiger partial charge in [0.25, 0.3) is 0 Å². The lowest BCUT2D eigenvalue weighted by Crippen LogP contribution is -2.34. The van der Waals surface area contributed by atoms with E-state index >= 15 is 0 Å². The fraction of sp³-hybridized carbons (Fsp3) is 0.250. The molecule has 0 unspecified atom stereocenters. The SMILES string of the molecule is CC(C)NC(=O)Nc1cc(/C=C/C(=O)O)ccn1. The minimum Gasteiger partial charge on any atom is -0.478 e. The number of hydrogen-bond acceptors (Lipinski definition) is 3. The zero-order chi connectivity index (χ0) is 13.5. The lowest BCUT2D eigenvalue weighted by atomic mass is 10.2. The summed E-state index contributed by atoms with van der Waals surface area (Å²) < 4.78 is 0. The maximum absolute atomic E-state index is 11.4. The summed E-state index contributed by atoms with van der Waals surface area (Å²) in [6, 6.07) is 2.90.